The highest BCUT2D eigenvalue weighted by molar-refractivity contribution is 5.85. The van der Waals surface area contributed by atoms with Gasteiger partial charge in [0.15, 0.2) is 0 Å². The maximum absolute atomic E-state index is 11.9. The number of rotatable bonds is 7. The first-order chi connectivity index (χ1) is 9.80. The van der Waals surface area contributed by atoms with Crippen LogP contribution in [0.25, 0.3) is 0 Å². The number of nitrogens with one attached hydrogen (secondary N) is 1. The predicted octanol–water partition coefficient (Wildman–Crippen LogP) is 2.84. The van der Waals surface area contributed by atoms with Crippen molar-refractivity contribution in [1.82, 2.24) is 10.2 Å². The van der Waals surface area contributed by atoms with E-state index in [1.807, 2.05) is 26.8 Å². The van der Waals surface area contributed by atoms with Crippen LogP contribution in [0.2, 0.25) is 0 Å². The average Bonchev–Trinajstić information content (AvgIpc) is 2.42. The fourth-order valence-electron chi connectivity index (χ4n) is 2.04. The summed E-state index contributed by atoms with van der Waals surface area (Å²) in [5.41, 5.74) is 7.02. The Kier molecular flexibility index (Phi) is 12.4. The molecule has 0 bridgehead atoms. The molecule has 0 aliphatic rings. The number of hydrogen-bond donors (Lipinski definition) is 2. The molecule has 0 spiro atoms. The Morgan fingerprint density at radius 3 is 2.30 bits per heavy atom. The molecule has 0 aliphatic heterocycles. The van der Waals surface area contributed by atoms with Crippen LogP contribution in [0.15, 0.2) is 30.3 Å². The van der Waals surface area contributed by atoms with Gasteiger partial charge in [-0.25, -0.2) is 0 Å². The van der Waals surface area contributed by atoms with Gasteiger partial charge in [0.1, 0.15) is 0 Å². The number of amides is 1. The highest BCUT2D eigenvalue weighted by Crippen LogP contribution is 2.17. The molecular weight excluding hydrogens is 333 g/mol. The summed E-state index contributed by atoms with van der Waals surface area (Å²) >= 11 is 0. The molecule has 0 saturated carbocycles. The summed E-state index contributed by atoms with van der Waals surface area (Å²) in [4.78, 5) is 14.1. The molecule has 23 heavy (non-hydrogen) atoms. The van der Waals surface area contributed by atoms with Gasteiger partial charge in [-0.15, -0.1) is 24.8 Å². The van der Waals surface area contributed by atoms with E-state index in [9.17, 15) is 4.79 Å². The molecule has 0 unspecified atom stereocenters. The highest BCUT2D eigenvalue weighted by atomic mass is 35.5. The van der Waals surface area contributed by atoms with Gasteiger partial charge >= 0.3 is 0 Å². The maximum atomic E-state index is 11.9. The van der Waals surface area contributed by atoms with Crippen LogP contribution in [0, 0.1) is 5.41 Å². The van der Waals surface area contributed by atoms with Crippen LogP contribution in [0.1, 0.15) is 32.8 Å². The largest absolute Gasteiger partial charge is 0.355 e. The second kappa shape index (κ2) is 11.7. The first-order valence-corrected chi connectivity index (χ1v) is 7.56. The van der Waals surface area contributed by atoms with Crippen molar-refractivity contribution >= 4 is 30.7 Å². The van der Waals surface area contributed by atoms with E-state index in [1.54, 1.807) is 0 Å². The third kappa shape index (κ3) is 9.82. The Labute approximate surface area is 153 Å². The standard InChI is InChI=1S/C17H29N3O.2ClH/c1-17(2,3)15(18)16(21)19-11-8-12-20(4)13-14-9-6-5-7-10-14;;/h5-7,9-10,15H,8,11-13,18H2,1-4H3,(H,19,21);2*1H/t15-;;/m1../s1. The fraction of sp³-hybridized carbons (Fsp3) is 0.588. The number of halogens is 2. The van der Waals surface area contributed by atoms with Crippen LogP contribution in [-0.2, 0) is 11.3 Å². The van der Waals surface area contributed by atoms with Gasteiger partial charge in [-0.05, 0) is 31.0 Å². The zero-order valence-corrected chi connectivity index (χ0v) is 16.2. The van der Waals surface area contributed by atoms with E-state index in [1.165, 1.54) is 5.56 Å². The van der Waals surface area contributed by atoms with E-state index >= 15 is 0 Å². The minimum absolute atomic E-state index is 0. The summed E-state index contributed by atoms with van der Waals surface area (Å²) in [6, 6.07) is 9.92. The second-order valence-electron chi connectivity index (χ2n) is 6.71. The van der Waals surface area contributed by atoms with Gasteiger partial charge in [-0.2, -0.15) is 0 Å². The van der Waals surface area contributed by atoms with Crippen LogP contribution in [0.4, 0.5) is 0 Å². The van der Waals surface area contributed by atoms with E-state index < -0.39 is 6.04 Å². The molecule has 3 N–H and O–H groups in total. The molecular formula is C17H31Cl2N3O. The zero-order chi connectivity index (χ0) is 15.9. The SMILES string of the molecule is CN(CCCNC(=O)[C@@H](N)C(C)(C)C)Cc1ccccc1.Cl.Cl. The number of nitrogens with zero attached hydrogens (tertiary/aromatic N) is 1. The molecule has 0 aromatic heterocycles. The molecule has 0 saturated heterocycles. The van der Waals surface area contributed by atoms with Gasteiger partial charge in [0, 0.05) is 13.1 Å². The Morgan fingerprint density at radius 1 is 1.22 bits per heavy atom. The Balaban J connectivity index is 0. The molecule has 0 radical (unpaired) electrons. The van der Waals surface area contributed by atoms with Crippen molar-refractivity contribution in [3.8, 4) is 0 Å². The highest BCUT2D eigenvalue weighted by Gasteiger charge is 2.26. The predicted molar refractivity (Wildman–Crippen MR) is 102 cm³/mol. The third-order valence-electron chi connectivity index (χ3n) is 3.53. The van der Waals surface area contributed by atoms with Crippen molar-refractivity contribution in [3.05, 3.63) is 35.9 Å². The molecule has 6 heteroatoms. The lowest BCUT2D eigenvalue weighted by atomic mass is 9.87. The summed E-state index contributed by atoms with van der Waals surface area (Å²) in [7, 11) is 2.09. The van der Waals surface area contributed by atoms with Crippen LogP contribution in [-0.4, -0.2) is 37.0 Å². The monoisotopic (exact) mass is 363 g/mol. The number of carbonyl (C=O) groups excluding carboxylic acids is 1. The Morgan fingerprint density at radius 2 is 1.78 bits per heavy atom. The van der Waals surface area contributed by atoms with E-state index in [2.05, 4.69) is 41.5 Å². The quantitative estimate of drug-likeness (QED) is 0.732. The van der Waals surface area contributed by atoms with Gasteiger partial charge in [0.2, 0.25) is 5.91 Å². The van der Waals surface area contributed by atoms with E-state index in [0.717, 1.165) is 19.5 Å². The number of benzene rings is 1. The minimum atomic E-state index is -0.459. The lowest BCUT2D eigenvalue weighted by molar-refractivity contribution is -0.124. The van der Waals surface area contributed by atoms with Gasteiger partial charge in [0.05, 0.1) is 6.04 Å². The Hall–Kier alpha value is -0.810. The van der Waals surface area contributed by atoms with Crippen molar-refractivity contribution in [2.45, 2.75) is 39.8 Å². The summed E-state index contributed by atoms with van der Waals surface area (Å²) in [6.07, 6.45) is 0.923. The molecule has 0 fully saturated rings. The van der Waals surface area contributed by atoms with Crippen molar-refractivity contribution in [2.75, 3.05) is 20.1 Å². The minimum Gasteiger partial charge on any atom is -0.355 e. The van der Waals surface area contributed by atoms with Gasteiger partial charge < -0.3 is 16.0 Å². The van der Waals surface area contributed by atoms with Crippen LogP contribution in [0.5, 0.6) is 0 Å². The third-order valence-corrected chi connectivity index (χ3v) is 3.53. The van der Waals surface area contributed by atoms with Crippen molar-refractivity contribution in [1.29, 1.82) is 0 Å². The van der Waals surface area contributed by atoms with Crippen LogP contribution < -0.4 is 11.1 Å². The van der Waals surface area contributed by atoms with Crippen molar-refractivity contribution in [3.63, 3.8) is 0 Å². The Bertz CT molecular complexity index is 435. The first kappa shape index (κ1) is 24.4. The zero-order valence-electron chi connectivity index (χ0n) is 14.5. The summed E-state index contributed by atoms with van der Waals surface area (Å²) in [5, 5.41) is 2.92. The normalized spacial score (nSPS) is 12.1. The average molecular weight is 364 g/mol. The molecule has 1 atom stereocenters. The van der Waals surface area contributed by atoms with E-state index in [0.29, 0.717) is 6.54 Å². The van der Waals surface area contributed by atoms with Crippen LogP contribution in [0.3, 0.4) is 0 Å². The molecule has 0 heterocycles. The van der Waals surface area contributed by atoms with Gasteiger partial charge in [-0.1, -0.05) is 51.1 Å². The molecule has 1 rings (SSSR count). The summed E-state index contributed by atoms with van der Waals surface area (Å²) in [6.45, 7) is 8.47. The lowest BCUT2D eigenvalue weighted by Gasteiger charge is -2.26. The molecule has 1 aromatic carbocycles. The topological polar surface area (TPSA) is 58.4 Å². The van der Waals surface area contributed by atoms with Gasteiger partial charge in [-0.3, -0.25) is 4.79 Å². The van der Waals surface area contributed by atoms with Crippen molar-refractivity contribution in [2.24, 2.45) is 11.1 Å². The van der Waals surface area contributed by atoms with E-state index in [-0.39, 0.29) is 36.1 Å². The van der Waals surface area contributed by atoms with Crippen LogP contribution >= 0.6 is 24.8 Å². The first-order valence-electron chi connectivity index (χ1n) is 7.56. The van der Waals surface area contributed by atoms with Gasteiger partial charge in [0.25, 0.3) is 0 Å². The summed E-state index contributed by atoms with van der Waals surface area (Å²) in [5.74, 6) is -0.0618. The molecule has 134 valence electrons. The maximum Gasteiger partial charge on any atom is 0.237 e. The smallest absolute Gasteiger partial charge is 0.237 e. The second-order valence-corrected chi connectivity index (χ2v) is 6.71. The number of hydrogen-bond acceptors (Lipinski definition) is 3. The molecule has 4 nitrogen and oxygen atoms in total. The van der Waals surface area contributed by atoms with E-state index in [4.69, 9.17) is 5.73 Å². The molecule has 0 aliphatic carbocycles. The van der Waals surface area contributed by atoms with Crippen molar-refractivity contribution < 1.29 is 4.79 Å². The summed E-state index contributed by atoms with van der Waals surface area (Å²) < 4.78 is 0. The number of nitrogens with two attached hydrogens (primary N) is 1. The molecule has 1 amide bonds. The number of carbonyl (C=O) groups is 1. The lowest BCUT2D eigenvalue weighted by Crippen LogP contribution is -2.48. The fourth-order valence-corrected chi connectivity index (χ4v) is 2.04. The molecule has 1 aromatic rings.